The minimum atomic E-state index is -4.74. The Kier molecular flexibility index (Phi) is 4.32. The van der Waals surface area contributed by atoms with Crippen molar-refractivity contribution >= 4 is 19.2 Å². The van der Waals surface area contributed by atoms with Gasteiger partial charge in [0.1, 0.15) is 0 Å². The van der Waals surface area contributed by atoms with Crippen molar-refractivity contribution in [2.24, 2.45) is 0 Å². The summed E-state index contributed by atoms with van der Waals surface area (Å²) in [7, 11) is -4.74. The minimum Gasteiger partial charge on any atom is -0.373 e. The average Bonchev–Trinajstić information content (AvgIpc) is 2.27. The van der Waals surface area contributed by atoms with E-state index in [0.29, 0.717) is 11.3 Å². The van der Waals surface area contributed by atoms with Gasteiger partial charge in [-0.25, -0.2) is 0 Å². The van der Waals surface area contributed by atoms with Crippen LogP contribution < -0.4 is 5.32 Å². The number of carbonyl (C=O) groups excluding carboxylic acids is 1. The molecule has 0 bridgehead atoms. The van der Waals surface area contributed by atoms with Gasteiger partial charge in [-0.05, 0) is 31.5 Å². The second-order valence-electron chi connectivity index (χ2n) is 4.38. The van der Waals surface area contributed by atoms with Gasteiger partial charge in [-0.15, -0.1) is 0 Å². The molecule has 1 rings (SSSR count). The minimum absolute atomic E-state index is 0.0142. The average molecular weight is 285 g/mol. The molecule has 104 valence electrons. The summed E-state index contributed by atoms with van der Waals surface area (Å²) in [5.41, 5.74) is 0.631. The van der Waals surface area contributed by atoms with Crippen molar-refractivity contribution in [1.82, 2.24) is 0 Å². The zero-order valence-electron chi connectivity index (χ0n) is 10.6. The smallest absolute Gasteiger partial charge is 0.361 e. The largest absolute Gasteiger partial charge is 0.373 e. The van der Waals surface area contributed by atoms with Gasteiger partial charge in [0.25, 0.3) is 5.91 Å². The number of carbonyl (C=O) groups is 1. The molecular formula is C12H16NO5P. The fourth-order valence-electron chi connectivity index (χ4n) is 1.30. The lowest BCUT2D eigenvalue weighted by Crippen LogP contribution is -2.21. The fourth-order valence-corrected chi connectivity index (χ4v) is 1.77. The lowest BCUT2D eigenvalue weighted by Gasteiger charge is -2.25. The molecule has 4 N–H and O–H groups in total. The zero-order chi connectivity index (χ0) is 14.8. The Labute approximate surface area is 110 Å². The molecule has 1 aromatic carbocycles. The van der Waals surface area contributed by atoms with Gasteiger partial charge < -0.3 is 20.2 Å². The number of benzene rings is 1. The van der Waals surface area contributed by atoms with Crippen molar-refractivity contribution in [1.29, 1.82) is 0 Å². The quantitative estimate of drug-likeness (QED) is 0.496. The van der Waals surface area contributed by atoms with E-state index in [1.807, 2.05) is 0 Å². The lowest BCUT2D eigenvalue weighted by atomic mass is 10.1. The number of hydrogen-bond acceptors (Lipinski definition) is 3. The summed E-state index contributed by atoms with van der Waals surface area (Å²) >= 11 is 0. The summed E-state index contributed by atoms with van der Waals surface area (Å²) in [5.74, 6) is -0.409. The predicted octanol–water partition coefficient (Wildman–Crippen LogP) is 1.54. The Hall–Kier alpha value is -1.46. The molecule has 0 saturated carbocycles. The second kappa shape index (κ2) is 5.27. The first-order chi connectivity index (χ1) is 8.55. The molecule has 1 unspecified atom stereocenters. The molecule has 0 radical (unpaired) electrons. The van der Waals surface area contributed by atoms with Crippen molar-refractivity contribution in [3.63, 3.8) is 0 Å². The topological polar surface area (TPSA) is 107 Å². The van der Waals surface area contributed by atoms with Crippen LogP contribution in [0.25, 0.3) is 0 Å². The molecule has 0 aromatic heterocycles. The first-order valence-corrected chi connectivity index (χ1v) is 7.02. The maximum atomic E-state index is 11.4. The molecule has 6 nitrogen and oxygen atoms in total. The molecule has 1 amide bonds. The molecule has 0 heterocycles. The highest BCUT2D eigenvalue weighted by Gasteiger charge is 2.42. The fraction of sp³-hybridized carbons (Fsp3) is 0.250. The molecule has 7 heteroatoms. The zero-order valence-corrected chi connectivity index (χ0v) is 11.5. The standard InChI is InChI=1S/C12H16NO5P/c1-8(2)11(14)13-10-6-4-5-9(7-10)12(3,15)19(16,17)18/h4-7,15H,1H2,2-3H3,(H,13,14)(H2,16,17,18). The summed E-state index contributed by atoms with van der Waals surface area (Å²) < 4.78 is 11.2. The van der Waals surface area contributed by atoms with Crippen LogP contribution in [0.1, 0.15) is 19.4 Å². The van der Waals surface area contributed by atoms with Crippen molar-refractivity contribution in [3.05, 3.63) is 42.0 Å². The Balaban J connectivity index is 3.11. The number of amides is 1. The summed E-state index contributed by atoms with van der Waals surface area (Å²) in [6, 6.07) is 5.70. The van der Waals surface area contributed by atoms with E-state index in [2.05, 4.69) is 11.9 Å². The van der Waals surface area contributed by atoms with Gasteiger partial charge in [0.05, 0.1) is 0 Å². The molecule has 1 atom stereocenters. The number of nitrogens with one attached hydrogen (secondary N) is 1. The summed E-state index contributed by atoms with van der Waals surface area (Å²) in [4.78, 5) is 29.7. The van der Waals surface area contributed by atoms with Crippen molar-refractivity contribution in [2.75, 3.05) is 5.32 Å². The summed E-state index contributed by atoms with van der Waals surface area (Å²) in [6.07, 6.45) is 0. The normalized spacial score (nSPS) is 14.6. The summed E-state index contributed by atoms with van der Waals surface area (Å²) in [6.45, 7) is 6.03. The van der Waals surface area contributed by atoms with E-state index in [1.54, 1.807) is 6.07 Å². The molecule has 0 saturated heterocycles. The highest BCUT2D eigenvalue weighted by Crippen LogP contribution is 2.54. The van der Waals surface area contributed by atoms with Gasteiger partial charge in [-0.3, -0.25) is 9.36 Å². The SMILES string of the molecule is C=C(C)C(=O)Nc1cccc(C(C)(O)P(=O)(O)O)c1. The van der Waals surface area contributed by atoms with Gasteiger partial charge >= 0.3 is 7.60 Å². The van der Waals surface area contributed by atoms with E-state index in [9.17, 15) is 14.5 Å². The summed E-state index contributed by atoms with van der Waals surface area (Å²) in [5, 5.41) is 10.1. The third-order valence-corrected chi connectivity index (χ3v) is 4.01. The van der Waals surface area contributed by atoms with Crippen LogP contribution in [-0.4, -0.2) is 20.8 Å². The Morgan fingerprint density at radius 3 is 2.47 bits per heavy atom. The van der Waals surface area contributed by atoms with Gasteiger partial charge in [0.15, 0.2) is 5.34 Å². The molecule has 0 aliphatic heterocycles. The van der Waals surface area contributed by atoms with Crippen LogP contribution in [0, 0.1) is 0 Å². The third-order valence-electron chi connectivity index (χ3n) is 2.62. The van der Waals surface area contributed by atoms with Gasteiger partial charge in [0.2, 0.25) is 0 Å². The van der Waals surface area contributed by atoms with Crippen LogP contribution in [0.4, 0.5) is 5.69 Å². The van der Waals surface area contributed by atoms with E-state index in [0.717, 1.165) is 6.92 Å². The maximum absolute atomic E-state index is 11.4. The first kappa shape index (κ1) is 15.6. The van der Waals surface area contributed by atoms with Crippen LogP contribution >= 0.6 is 7.60 Å². The van der Waals surface area contributed by atoms with E-state index in [4.69, 9.17) is 9.79 Å². The number of anilines is 1. The monoisotopic (exact) mass is 285 g/mol. The Morgan fingerprint density at radius 1 is 1.42 bits per heavy atom. The molecule has 0 aliphatic carbocycles. The van der Waals surface area contributed by atoms with Crippen molar-refractivity contribution in [2.45, 2.75) is 19.2 Å². The second-order valence-corrected chi connectivity index (χ2v) is 6.34. The molecule has 19 heavy (non-hydrogen) atoms. The van der Waals surface area contributed by atoms with E-state index < -0.39 is 18.8 Å². The van der Waals surface area contributed by atoms with Crippen LogP contribution in [0.2, 0.25) is 0 Å². The van der Waals surface area contributed by atoms with Crippen LogP contribution in [0.3, 0.4) is 0 Å². The third kappa shape index (κ3) is 3.52. The molecule has 0 spiro atoms. The van der Waals surface area contributed by atoms with Gasteiger partial charge in [-0.1, -0.05) is 18.7 Å². The van der Waals surface area contributed by atoms with Crippen molar-refractivity contribution in [3.8, 4) is 0 Å². The lowest BCUT2D eigenvalue weighted by molar-refractivity contribution is -0.112. The Morgan fingerprint density at radius 2 is 2.00 bits per heavy atom. The number of hydrogen-bond donors (Lipinski definition) is 4. The highest BCUT2D eigenvalue weighted by molar-refractivity contribution is 7.52. The van der Waals surface area contributed by atoms with Crippen molar-refractivity contribution < 1.29 is 24.3 Å². The van der Waals surface area contributed by atoms with E-state index in [-0.39, 0.29) is 5.56 Å². The first-order valence-electron chi connectivity index (χ1n) is 5.41. The van der Waals surface area contributed by atoms with E-state index in [1.165, 1.54) is 25.1 Å². The maximum Gasteiger partial charge on any atom is 0.361 e. The van der Waals surface area contributed by atoms with Gasteiger partial charge in [0, 0.05) is 11.3 Å². The highest BCUT2D eigenvalue weighted by atomic mass is 31.2. The molecule has 1 aromatic rings. The molecule has 0 aliphatic rings. The van der Waals surface area contributed by atoms with Crippen LogP contribution in [-0.2, 0) is 14.7 Å². The van der Waals surface area contributed by atoms with Gasteiger partial charge in [-0.2, -0.15) is 0 Å². The Bertz CT molecular complexity index is 561. The molecule has 0 fully saturated rings. The van der Waals surface area contributed by atoms with Crippen LogP contribution in [0.15, 0.2) is 36.4 Å². The predicted molar refractivity (Wildman–Crippen MR) is 71.5 cm³/mol. The van der Waals surface area contributed by atoms with E-state index >= 15 is 0 Å². The molecular weight excluding hydrogens is 269 g/mol. The van der Waals surface area contributed by atoms with Crippen LogP contribution in [0.5, 0.6) is 0 Å². The number of aliphatic hydroxyl groups is 1. The number of rotatable bonds is 4.